The monoisotopic (exact) mass is 469 g/mol. The lowest BCUT2D eigenvalue weighted by Gasteiger charge is -2.18. The van der Waals surface area contributed by atoms with Crippen molar-refractivity contribution in [1.82, 2.24) is 9.78 Å². The second-order valence-electron chi connectivity index (χ2n) is 7.79. The summed E-state index contributed by atoms with van der Waals surface area (Å²) in [5.41, 5.74) is 2.31. The topological polar surface area (TPSA) is 82.9 Å². The molecule has 0 aliphatic carbocycles. The van der Waals surface area contributed by atoms with Gasteiger partial charge in [0.25, 0.3) is 5.91 Å². The highest BCUT2D eigenvalue weighted by Crippen LogP contribution is 2.35. The molecule has 1 aliphatic rings. The summed E-state index contributed by atoms with van der Waals surface area (Å²) in [5.74, 6) is 0.415. The van der Waals surface area contributed by atoms with E-state index in [1.807, 2.05) is 13.8 Å². The number of amides is 1. The smallest absolute Gasteiger partial charge is 0.358 e. The summed E-state index contributed by atoms with van der Waals surface area (Å²) < 4.78 is 17.4. The number of halogens is 1. The van der Waals surface area contributed by atoms with Crippen LogP contribution in [0.5, 0.6) is 11.5 Å². The molecule has 0 fully saturated rings. The molecule has 2 heterocycles. The Balaban J connectivity index is 1.70. The van der Waals surface area contributed by atoms with Gasteiger partial charge in [0.1, 0.15) is 0 Å². The number of hydrogen-bond donors (Lipinski definition) is 0. The van der Waals surface area contributed by atoms with Gasteiger partial charge in [0.2, 0.25) is 6.79 Å². The van der Waals surface area contributed by atoms with Crippen LogP contribution in [0.2, 0.25) is 5.02 Å². The summed E-state index contributed by atoms with van der Waals surface area (Å²) in [4.78, 5) is 27.4. The van der Waals surface area contributed by atoms with Crippen LogP contribution in [0.4, 0.5) is 5.69 Å². The van der Waals surface area contributed by atoms with Crippen LogP contribution >= 0.6 is 11.6 Å². The molecule has 172 valence electrons. The van der Waals surface area contributed by atoms with Crippen LogP contribution in [0, 0.1) is 0 Å². The van der Waals surface area contributed by atoms with Crippen molar-refractivity contribution in [3.05, 3.63) is 64.4 Å². The van der Waals surface area contributed by atoms with Gasteiger partial charge in [-0.3, -0.25) is 4.79 Å². The third kappa shape index (κ3) is 4.26. The van der Waals surface area contributed by atoms with Gasteiger partial charge in [-0.05, 0) is 43.2 Å². The van der Waals surface area contributed by atoms with Crippen LogP contribution in [0.25, 0.3) is 5.69 Å². The van der Waals surface area contributed by atoms with Crippen molar-refractivity contribution in [2.24, 2.45) is 0 Å². The van der Waals surface area contributed by atoms with Gasteiger partial charge in [0, 0.05) is 24.4 Å². The minimum Gasteiger partial charge on any atom is -0.461 e. The van der Waals surface area contributed by atoms with Crippen molar-refractivity contribution in [2.75, 3.05) is 25.3 Å². The molecule has 0 saturated carbocycles. The Kier molecular flexibility index (Phi) is 6.29. The van der Waals surface area contributed by atoms with E-state index in [4.69, 9.17) is 25.8 Å². The second-order valence-corrected chi connectivity index (χ2v) is 8.16. The first-order valence-electron chi connectivity index (χ1n) is 10.6. The summed E-state index contributed by atoms with van der Waals surface area (Å²) in [6.45, 7) is 5.96. The summed E-state index contributed by atoms with van der Waals surface area (Å²) in [6.07, 6.45) is 0. The van der Waals surface area contributed by atoms with Gasteiger partial charge in [-0.25, -0.2) is 9.48 Å². The van der Waals surface area contributed by atoms with Gasteiger partial charge in [-0.1, -0.05) is 31.5 Å². The van der Waals surface area contributed by atoms with Crippen LogP contribution in [0.15, 0.2) is 42.5 Å². The van der Waals surface area contributed by atoms with Crippen molar-refractivity contribution in [2.45, 2.75) is 26.7 Å². The Hall–Kier alpha value is -3.52. The van der Waals surface area contributed by atoms with E-state index in [9.17, 15) is 9.59 Å². The fourth-order valence-electron chi connectivity index (χ4n) is 3.52. The SMILES string of the molecule is CCOC(=O)c1c(Cl)c(C(C)C)nn1-c1cccc(C(=O)N(C)c2ccc3c(c2)OCO3)c1. The van der Waals surface area contributed by atoms with Gasteiger partial charge in [0.15, 0.2) is 17.2 Å². The highest BCUT2D eigenvalue weighted by molar-refractivity contribution is 6.34. The zero-order valence-corrected chi connectivity index (χ0v) is 19.5. The van der Waals surface area contributed by atoms with Crippen LogP contribution in [-0.4, -0.2) is 42.1 Å². The number of carbonyl (C=O) groups excluding carboxylic acids is 2. The number of hydrogen-bond acceptors (Lipinski definition) is 6. The quantitative estimate of drug-likeness (QED) is 0.481. The van der Waals surface area contributed by atoms with Crippen LogP contribution < -0.4 is 14.4 Å². The van der Waals surface area contributed by atoms with E-state index in [0.29, 0.717) is 34.1 Å². The first-order valence-corrected chi connectivity index (χ1v) is 10.9. The van der Waals surface area contributed by atoms with Crippen LogP contribution in [0.3, 0.4) is 0 Å². The lowest BCUT2D eigenvalue weighted by molar-refractivity contribution is 0.0516. The standard InChI is InChI=1S/C24H24ClN3O5/c1-5-31-24(30)22-20(25)21(14(2)3)26-28(22)17-8-6-7-15(11-17)23(29)27(4)16-9-10-18-19(12-16)33-13-32-18/h6-12,14H,5,13H2,1-4H3. The van der Waals surface area contributed by atoms with Gasteiger partial charge in [-0.15, -0.1) is 0 Å². The summed E-state index contributed by atoms with van der Waals surface area (Å²) in [5, 5.41) is 4.80. The van der Waals surface area contributed by atoms with Gasteiger partial charge >= 0.3 is 5.97 Å². The molecule has 4 rings (SSSR count). The van der Waals surface area contributed by atoms with E-state index < -0.39 is 5.97 Å². The molecule has 1 amide bonds. The molecule has 0 N–H and O–H groups in total. The summed E-state index contributed by atoms with van der Waals surface area (Å²) in [7, 11) is 1.68. The molecule has 1 aromatic heterocycles. The summed E-state index contributed by atoms with van der Waals surface area (Å²) in [6, 6.07) is 12.2. The number of ether oxygens (including phenoxy) is 3. The summed E-state index contributed by atoms with van der Waals surface area (Å²) >= 11 is 6.50. The molecular weight excluding hydrogens is 446 g/mol. The number of rotatable bonds is 6. The predicted octanol–water partition coefficient (Wildman–Crippen LogP) is 4.83. The van der Waals surface area contributed by atoms with E-state index in [1.54, 1.807) is 56.4 Å². The van der Waals surface area contributed by atoms with E-state index in [1.165, 1.54) is 9.58 Å². The Morgan fingerprint density at radius 1 is 1.18 bits per heavy atom. The molecule has 3 aromatic rings. The van der Waals surface area contributed by atoms with Crippen molar-refractivity contribution >= 4 is 29.2 Å². The maximum Gasteiger partial charge on any atom is 0.358 e. The molecule has 1 aliphatic heterocycles. The molecule has 9 heteroatoms. The fraction of sp³-hybridized carbons (Fsp3) is 0.292. The molecular formula is C24H24ClN3O5. The molecule has 0 bridgehead atoms. The van der Waals surface area contributed by atoms with Crippen molar-refractivity contribution in [1.29, 1.82) is 0 Å². The molecule has 0 spiro atoms. The Bertz CT molecular complexity index is 1220. The molecule has 0 unspecified atom stereocenters. The zero-order chi connectivity index (χ0) is 23.7. The molecule has 0 radical (unpaired) electrons. The second kappa shape index (κ2) is 9.15. The average Bonchev–Trinajstić information content (AvgIpc) is 3.42. The predicted molar refractivity (Wildman–Crippen MR) is 124 cm³/mol. The number of nitrogens with zero attached hydrogens (tertiary/aromatic N) is 3. The van der Waals surface area contributed by atoms with Gasteiger partial charge in [0.05, 0.1) is 23.0 Å². The fourth-order valence-corrected chi connectivity index (χ4v) is 3.94. The third-order valence-electron chi connectivity index (χ3n) is 5.25. The zero-order valence-electron chi connectivity index (χ0n) is 18.8. The Morgan fingerprint density at radius 2 is 1.94 bits per heavy atom. The number of aromatic nitrogens is 2. The highest BCUT2D eigenvalue weighted by atomic mass is 35.5. The Morgan fingerprint density at radius 3 is 2.67 bits per heavy atom. The van der Waals surface area contributed by atoms with Crippen LogP contribution in [0.1, 0.15) is 53.2 Å². The minimum absolute atomic E-state index is 0.00566. The van der Waals surface area contributed by atoms with Crippen molar-refractivity contribution in [3.8, 4) is 17.2 Å². The number of benzene rings is 2. The third-order valence-corrected chi connectivity index (χ3v) is 5.63. The van der Waals surface area contributed by atoms with E-state index >= 15 is 0 Å². The largest absolute Gasteiger partial charge is 0.461 e. The first kappa shape index (κ1) is 22.7. The number of esters is 1. The normalized spacial score (nSPS) is 12.2. The molecule has 0 saturated heterocycles. The number of anilines is 1. The maximum atomic E-state index is 13.2. The molecule has 0 atom stereocenters. The number of carbonyl (C=O) groups is 2. The lowest BCUT2D eigenvalue weighted by atomic mass is 10.1. The molecule has 33 heavy (non-hydrogen) atoms. The lowest BCUT2D eigenvalue weighted by Crippen LogP contribution is -2.26. The molecule has 8 nitrogen and oxygen atoms in total. The maximum absolute atomic E-state index is 13.2. The molecule has 2 aromatic carbocycles. The van der Waals surface area contributed by atoms with E-state index in [0.717, 1.165) is 0 Å². The van der Waals surface area contributed by atoms with E-state index in [2.05, 4.69) is 5.10 Å². The first-order chi connectivity index (χ1) is 15.8. The average molecular weight is 470 g/mol. The van der Waals surface area contributed by atoms with Crippen molar-refractivity contribution < 1.29 is 23.8 Å². The minimum atomic E-state index is -0.573. The van der Waals surface area contributed by atoms with Crippen molar-refractivity contribution in [3.63, 3.8) is 0 Å². The Labute approximate surface area is 196 Å². The van der Waals surface area contributed by atoms with E-state index in [-0.39, 0.29) is 35.9 Å². The highest BCUT2D eigenvalue weighted by Gasteiger charge is 2.26. The van der Waals surface area contributed by atoms with Gasteiger partial charge in [-0.2, -0.15) is 5.10 Å². The number of fused-ring (bicyclic) bond motifs is 1. The van der Waals surface area contributed by atoms with Gasteiger partial charge < -0.3 is 19.1 Å². The van der Waals surface area contributed by atoms with Crippen LogP contribution in [-0.2, 0) is 4.74 Å².